The van der Waals surface area contributed by atoms with E-state index in [1.165, 1.54) is 12.1 Å². The normalized spacial score (nSPS) is 9.79. The highest BCUT2D eigenvalue weighted by molar-refractivity contribution is 5.87. The lowest BCUT2D eigenvalue weighted by Gasteiger charge is -2.01. The van der Waals surface area contributed by atoms with Crippen LogP contribution < -0.4 is 0 Å². The number of carboxylic acids is 1. The van der Waals surface area contributed by atoms with E-state index in [1.54, 1.807) is 12.1 Å². The largest absolute Gasteiger partial charge is 0.478 e. The van der Waals surface area contributed by atoms with Gasteiger partial charge in [-0.3, -0.25) is 0 Å². The Hall–Kier alpha value is -1.64. The van der Waals surface area contributed by atoms with Crippen LogP contribution in [0.25, 0.3) is 0 Å². The van der Waals surface area contributed by atoms with E-state index in [0.29, 0.717) is 6.42 Å². The SMILES string of the molecule is C=CCCc1ccc(C(=O)O)c(F)c1. The van der Waals surface area contributed by atoms with Gasteiger partial charge in [-0.2, -0.15) is 0 Å². The molecule has 0 atom stereocenters. The Morgan fingerprint density at radius 1 is 1.57 bits per heavy atom. The van der Waals surface area contributed by atoms with Crippen molar-refractivity contribution in [1.29, 1.82) is 0 Å². The van der Waals surface area contributed by atoms with E-state index in [4.69, 9.17) is 5.11 Å². The molecule has 0 bridgehead atoms. The molecule has 0 saturated heterocycles. The molecule has 2 nitrogen and oxygen atoms in total. The molecule has 0 unspecified atom stereocenters. The van der Waals surface area contributed by atoms with Crippen LogP contribution in [0.3, 0.4) is 0 Å². The van der Waals surface area contributed by atoms with Gasteiger partial charge in [0.25, 0.3) is 0 Å². The zero-order valence-corrected chi connectivity index (χ0v) is 7.66. The molecule has 1 N–H and O–H groups in total. The third-order valence-electron chi connectivity index (χ3n) is 1.90. The Kier molecular flexibility index (Phi) is 3.40. The van der Waals surface area contributed by atoms with Gasteiger partial charge in [0.15, 0.2) is 0 Å². The maximum Gasteiger partial charge on any atom is 0.338 e. The zero-order valence-electron chi connectivity index (χ0n) is 7.66. The first kappa shape index (κ1) is 10.4. The fourth-order valence-electron chi connectivity index (χ4n) is 1.16. The minimum Gasteiger partial charge on any atom is -0.478 e. The van der Waals surface area contributed by atoms with Crippen molar-refractivity contribution in [1.82, 2.24) is 0 Å². The fourth-order valence-corrected chi connectivity index (χ4v) is 1.16. The van der Waals surface area contributed by atoms with Gasteiger partial charge in [-0.15, -0.1) is 6.58 Å². The van der Waals surface area contributed by atoms with E-state index >= 15 is 0 Å². The molecule has 1 rings (SSSR count). The number of aryl methyl sites for hydroxylation is 1. The second kappa shape index (κ2) is 4.56. The van der Waals surface area contributed by atoms with Crippen molar-refractivity contribution in [3.8, 4) is 0 Å². The quantitative estimate of drug-likeness (QED) is 0.748. The van der Waals surface area contributed by atoms with Gasteiger partial charge in [-0.1, -0.05) is 12.1 Å². The molecule has 0 heterocycles. The average molecular weight is 194 g/mol. The Labute approximate surface area is 81.7 Å². The van der Waals surface area contributed by atoms with Crippen LogP contribution in [-0.4, -0.2) is 11.1 Å². The topological polar surface area (TPSA) is 37.3 Å². The molecule has 74 valence electrons. The summed E-state index contributed by atoms with van der Waals surface area (Å²) in [5.74, 6) is -1.92. The van der Waals surface area contributed by atoms with E-state index in [2.05, 4.69) is 6.58 Å². The van der Waals surface area contributed by atoms with Crippen molar-refractivity contribution in [3.05, 3.63) is 47.8 Å². The minimum absolute atomic E-state index is 0.285. The third kappa shape index (κ3) is 2.42. The molecule has 0 aliphatic carbocycles. The van der Waals surface area contributed by atoms with Crippen molar-refractivity contribution < 1.29 is 14.3 Å². The summed E-state index contributed by atoms with van der Waals surface area (Å²) in [7, 11) is 0. The molecule has 0 aliphatic heterocycles. The van der Waals surface area contributed by atoms with Crippen molar-refractivity contribution in [2.24, 2.45) is 0 Å². The van der Waals surface area contributed by atoms with Gasteiger partial charge in [-0.05, 0) is 30.5 Å². The summed E-state index contributed by atoms with van der Waals surface area (Å²) < 4.78 is 13.1. The van der Waals surface area contributed by atoms with Crippen LogP contribution in [0.15, 0.2) is 30.9 Å². The standard InChI is InChI=1S/C11H11FO2/c1-2-3-4-8-5-6-9(11(13)14)10(12)7-8/h2,5-7H,1,3-4H2,(H,13,14). The Morgan fingerprint density at radius 2 is 2.29 bits per heavy atom. The van der Waals surface area contributed by atoms with Gasteiger partial charge in [0.1, 0.15) is 5.82 Å². The van der Waals surface area contributed by atoms with Crippen LogP contribution in [-0.2, 0) is 6.42 Å². The van der Waals surface area contributed by atoms with Gasteiger partial charge >= 0.3 is 5.97 Å². The monoisotopic (exact) mass is 194 g/mol. The molecule has 0 aromatic heterocycles. The molecular weight excluding hydrogens is 183 g/mol. The second-order valence-corrected chi connectivity index (χ2v) is 2.95. The predicted molar refractivity (Wildman–Crippen MR) is 51.9 cm³/mol. The number of carboxylic acid groups (broad SMARTS) is 1. The first-order valence-corrected chi connectivity index (χ1v) is 4.27. The summed E-state index contributed by atoms with van der Waals surface area (Å²) in [5, 5.41) is 8.58. The molecule has 14 heavy (non-hydrogen) atoms. The minimum atomic E-state index is -1.24. The summed E-state index contributed by atoms with van der Waals surface area (Å²) >= 11 is 0. The Morgan fingerprint density at radius 3 is 2.79 bits per heavy atom. The average Bonchev–Trinajstić information content (AvgIpc) is 2.14. The number of allylic oxidation sites excluding steroid dienone is 1. The summed E-state index contributed by atoms with van der Waals surface area (Å²) in [4.78, 5) is 10.5. The summed E-state index contributed by atoms with van der Waals surface area (Å²) in [6.07, 6.45) is 3.18. The van der Waals surface area contributed by atoms with Crippen LogP contribution >= 0.6 is 0 Å². The summed E-state index contributed by atoms with van der Waals surface area (Å²) in [6, 6.07) is 4.17. The first-order valence-electron chi connectivity index (χ1n) is 4.27. The molecule has 1 aromatic rings. The number of benzene rings is 1. The van der Waals surface area contributed by atoms with E-state index in [0.717, 1.165) is 12.0 Å². The van der Waals surface area contributed by atoms with Gasteiger partial charge in [0, 0.05) is 0 Å². The molecule has 0 radical (unpaired) electrons. The second-order valence-electron chi connectivity index (χ2n) is 2.95. The van der Waals surface area contributed by atoms with Crippen LogP contribution in [0.5, 0.6) is 0 Å². The number of halogens is 1. The van der Waals surface area contributed by atoms with Crippen LogP contribution in [0.2, 0.25) is 0 Å². The summed E-state index contributed by atoms with van der Waals surface area (Å²) in [5.41, 5.74) is 0.500. The first-order chi connectivity index (χ1) is 6.65. The predicted octanol–water partition coefficient (Wildman–Crippen LogP) is 2.64. The van der Waals surface area contributed by atoms with E-state index in [-0.39, 0.29) is 5.56 Å². The highest BCUT2D eigenvalue weighted by Crippen LogP contribution is 2.12. The molecule has 0 fully saturated rings. The molecular formula is C11H11FO2. The van der Waals surface area contributed by atoms with E-state index < -0.39 is 11.8 Å². The van der Waals surface area contributed by atoms with E-state index in [1.807, 2.05) is 0 Å². The maximum atomic E-state index is 13.1. The molecule has 3 heteroatoms. The number of rotatable bonds is 4. The molecule has 0 aliphatic rings. The molecule has 0 saturated carbocycles. The smallest absolute Gasteiger partial charge is 0.338 e. The van der Waals surface area contributed by atoms with Crippen LogP contribution in [0, 0.1) is 5.82 Å². The number of aromatic carboxylic acids is 1. The molecule has 1 aromatic carbocycles. The number of hydrogen-bond donors (Lipinski definition) is 1. The molecule has 0 amide bonds. The Balaban J connectivity index is 2.88. The van der Waals surface area contributed by atoms with Crippen molar-refractivity contribution in [2.45, 2.75) is 12.8 Å². The van der Waals surface area contributed by atoms with E-state index in [9.17, 15) is 9.18 Å². The highest BCUT2D eigenvalue weighted by atomic mass is 19.1. The lowest BCUT2D eigenvalue weighted by atomic mass is 10.1. The van der Waals surface area contributed by atoms with Crippen LogP contribution in [0.1, 0.15) is 22.3 Å². The van der Waals surface area contributed by atoms with Gasteiger partial charge in [0.05, 0.1) is 5.56 Å². The van der Waals surface area contributed by atoms with Crippen molar-refractivity contribution >= 4 is 5.97 Å². The number of hydrogen-bond acceptors (Lipinski definition) is 1. The lowest BCUT2D eigenvalue weighted by Crippen LogP contribution is -2.01. The van der Waals surface area contributed by atoms with Crippen molar-refractivity contribution in [3.63, 3.8) is 0 Å². The van der Waals surface area contributed by atoms with Gasteiger partial charge < -0.3 is 5.11 Å². The van der Waals surface area contributed by atoms with Crippen molar-refractivity contribution in [2.75, 3.05) is 0 Å². The maximum absolute atomic E-state index is 13.1. The third-order valence-corrected chi connectivity index (χ3v) is 1.90. The highest BCUT2D eigenvalue weighted by Gasteiger charge is 2.09. The lowest BCUT2D eigenvalue weighted by molar-refractivity contribution is 0.0692. The zero-order chi connectivity index (χ0) is 10.6. The van der Waals surface area contributed by atoms with Gasteiger partial charge in [0.2, 0.25) is 0 Å². The fraction of sp³-hybridized carbons (Fsp3) is 0.182. The molecule has 0 spiro atoms. The van der Waals surface area contributed by atoms with Crippen LogP contribution in [0.4, 0.5) is 4.39 Å². The Bertz CT molecular complexity index is 358. The number of carbonyl (C=O) groups is 1. The summed E-state index contributed by atoms with van der Waals surface area (Å²) in [6.45, 7) is 3.56. The van der Waals surface area contributed by atoms with Gasteiger partial charge in [-0.25, -0.2) is 9.18 Å².